The minimum atomic E-state index is -3.51. The third-order valence-electron chi connectivity index (χ3n) is 2.54. The Kier molecular flexibility index (Phi) is 5.31. The van der Waals surface area contributed by atoms with E-state index in [4.69, 9.17) is 5.73 Å². The van der Waals surface area contributed by atoms with Gasteiger partial charge in [-0.3, -0.25) is 4.79 Å². The number of hydrogen-bond acceptors (Lipinski definition) is 4. The van der Waals surface area contributed by atoms with E-state index >= 15 is 0 Å². The standard InChI is InChI=1S/C12H19N3O3S/c1-3-14-12(16)8-15(2)19(17,18)9-10-4-6-11(13)7-5-10/h4-7H,3,8-9,13H2,1-2H3,(H,14,16). The van der Waals surface area contributed by atoms with Gasteiger partial charge in [-0.05, 0) is 24.6 Å². The molecule has 0 aromatic heterocycles. The van der Waals surface area contributed by atoms with Gasteiger partial charge in [-0.1, -0.05) is 12.1 Å². The lowest BCUT2D eigenvalue weighted by atomic mass is 10.2. The van der Waals surface area contributed by atoms with Crippen LogP contribution in [0.3, 0.4) is 0 Å². The molecule has 0 aliphatic heterocycles. The van der Waals surface area contributed by atoms with E-state index in [9.17, 15) is 13.2 Å². The lowest BCUT2D eigenvalue weighted by Gasteiger charge is -2.16. The van der Waals surface area contributed by atoms with Gasteiger partial charge in [0.25, 0.3) is 0 Å². The van der Waals surface area contributed by atoms with E-state index in [1.165, 1.54) is 7.05 Å². The van der Waals surface area contributed by atoms with Gasteiger partial charge in [0, 0.05) is 19.3 Å². The summed E-state index contributed by atoms with van der Waals surface area (Å²) in [6, 6.07) is 6.61. The van der Waals surface area contributed by atoms with Crippen molar-refractivity contribution in [3.8, 4) is 0 Å². The van der Waals surface area contributed by atoms with Crippen molar-refractivity contribution < 1.29 is 13.2 Å². The fourth-order valence-electron chi connectivity index (χ4n) is 1.49. The zero-order chi connectivity index (χ0) is 14.5. The van der Waals surface area contributed by atoms with Crippen molar-refractivity contribution in [3.05, 3.63) is 29.8 Å². The topological polar surface area (TPSA) is 92.5 Å². The monoisotopic (exact) mass is 285 g/mol. The quantitative estimate of drug-likeness (QED) is 0.729. The van der Waals surface area contributed by atoms with Crippen molar-refractivity contribution in [1.29, 1.82) is 0 Å². The number of nitrogens with one attached hydrogen (secondary N) is 1. The largest absolute Gasteiger partial charge is 0.399 e. The molecule has 1 rings (SSSR count). The molecule has 1 aromatic rings. The van der Waals surface area contributed by atoms with Crippen LogP contribution in [0.1, 0.15) is 12.5 Å². The molecule has 3 N–H and O–H groups in total. The van der Waals surface area contributed by atoms with Gasteiger partial charge in [0.2, 0.25) is 15.9 Å². The van der Waals surface area contributed by atoms with E-state index < -0.39 is 10.0 Å². The van der Waals surface area contributed by atoms with Gasteiger partial charge < -0.3 is 11.1 Å². The average molecular weight is 285 g/mol. The van der Waals surface area contributed by atoms with Gasteiger partial charge in [-0.2, -0.15) is 4.31 Å². The summed E-state index contributed by atoms with van der Waals surface area (Å²) >= 11 is 0. The van der Waals surface area contributed by atoms with E-state index in [0.717, 1.165) is 4.31 Å². The fraction of sp³-hybridized carbons (Fsp3) is 0.417. The first kappa shape index (κ1) is 15.5. The van der Waals surface area contributed by atoms with Gasteiger partial charge in [0.15, 0.2) is 0 Å². The second-order valence-corrected chi connectivity index (χ2v) is 6.28. The van der Waals surface area contributed by atoms with Crippen molar-refractivity contribution in [1.82, 2.24) is 9.62 Å². The lowest BCUT2D eigenvalue weighted by molar-refractivity contribution is -0.121. The molecule has 1 aromatic carbocycles. The van der Waals surface area contributed by atoms with Gasteiger partial charge >= 0.3 is 0 Å². The van der Waals surface area contributed by atoms with Crippen LogP contribution in [0.15, 0.2) is 24.3 Å². The molecule has 106 valence electrons. The number of amides is 1. The van der Waals surface area contributed by atoms with Crippen molar-refractivity contribution in [3.63, 3.8) is 0 Å². The number of carbonyl (C=O) groups is 1. The number of sulfonamides is 1. The van der Waals surface area contributed by atoms with E-state index in [1.807, 2.05) is 0 Å². The molecule has 0 heterocycles. The van der Waals surface area contributed by atoms with Crippen LogP contribution in [-0.4, -0.2) is 38.8 Å². The van der Waals surface area contributed by atoms with Crippen LogP contribution in [0.25, 0.3) is 0 Å². The maximum absolute atomic E-state index is 12.0. The predicted octanol–water partition coefficient (Wildman–Crippen LogP) is 0.167. The molecule has 0 atom stereocenters. The Labute approximate surface area is 113 Å². The Hall–Kier alpha value is -1.60. The Bertz CT molecular complexity index is 526. The molecule has 0 bridgehead atoms. The number of anilines is 1. The normalized spacial score (nSPS) is 11.5. The summed E-state index contributed by atoms with van der Waals surface area (Å²) in [5.41, 5.74) is 6.75. The Morgan fingerprint density at radius 1 is 1.32 bits per heavy atom. The molecule has 19 heavy (non-hydrogen) atoms. The van der Waals surface area contributed by atoms with E-state index in [1.54, 1.807) is 31.2 Å². The smallest absolute Gasteiger partial charge is 0.235 e. The second kappa shape index (κ2) is 6.53. The zero-order valence-corrected chi connectivity index (χ0v) is 11.9. The Balaban J connectivity index is 2.69. The summed E-state index contributed by atoms with van der Waals surface area (Å²) in [7, 11) is -2.12. The minimum Gasteiger partial charge on any atom is -0.399 e. The first-order valence-electron chi connectivity index (χ1n) is 5.90. The number of nitrogens with zero attached hydrogens (tertiary/aromatic N) is 1. The lowest BCUT2D eigenvalue weighted by Crippen LogP contribution is -2.38. The van der Waals surface area contributed by atoms with Crippen LogP contribution in [0.4, 0.5) is 5.69 Å². The highest BCUT2D eigenvalue weighted by Crippen LogP contribution is 2.11. The molecule has 0 unspecified atom stereocenters. The molecule has 0 saturated heterocycles. The molecule has 0 aliphatic rings. The van der Waals surface area contributed by atoms with Gasteiger partial charge in [0.1, 0.15) is 0 Å². The van der Waals surface area contributed by atoms with Crippen LogP contribution < -0.4 is 11.1 Å². The minimum absolute atomic E-state index is 0.150. The highest BCUT2D eigenvalue weighted by atomic mass is 32.2. The summed E-state index contributed by atoms with van der Waals surface area (Å²) in [5, 5.41) is 2.56. The highest BCUT2D eigenvalue weighted by Gasteiger charge is 2.20. The molecule has 6 nitrogen and oxygen atoms in total. The molecule has 0 radical (unpaired) electrons. The average Bonchev–Trinajstić information content (AvgIpc) is 2.32. The maximum Gasteiger partial charge on any atom is 0.235 e. The number of hydrogen-bond donors (Lipinski definition) is 2. The molecule has 0 saturated carbocycles. The highest BCUT2D eigenvalue weighted by molar-refractivity contribution is 7.88. The molecule has 0 fully saturated rings. The molecular formula is C12H19N3O3S. The number of nitrogens with two attached hydrogens (primary N) is 1. The van der Waals surface area contributed by atoms with E-state index in [0.29, 0.717) is 17.8 Å². The van der Waals surface area contributed by atoms with Crippen LogP contribution in [0.5, 0.6) is 0 Å². The zero-order valence-electron chi connectivity index (χ0n) is 11.1. The van der Waals surface area contributed by atoms with Crippen molar-refractivity contribution >= 4 is 21.6 Å². The third kappa shape index (κ3) is 4.88. The number of likely N-dealkylation sites (N-methyl/N-ethyl adjacent to an activating group) is 2. The van der Waals surface area contributed by atoms with Crippen LogP contribution >= 0.6 is 0 Å². The van der Waals surface area contributed by atoms with Crippen molar-refractivity contribution in [2.24, 2.45) is 0 Å². The SMILES string of the molecule is CCNC(=O)CN(C)S(=O)(=O)Cc1ccc(N)cc1. The molecule has 7 heteroatoms. The maximum atomic E-state index is 12.0. The van der Waals surface area contributed by atoms with Gasteiger partial charge in [-0.15, -0.1) is 0 Å². The van der Waals surface area contributed by atoms with Gasteiger partial charge in [-0.25, -0.2) is 8.42 Å². The molecule has 0 aliphatic carbocycles. The summed E-state index contributed by atoms with van der Waals surface area (Å²) < 4.78 is 25.1. The summed E-state index contributed by atoms with van der Waals surface area (Å²) in [6.07, 6.45) is 0. The Morgan fingerprint density at radius 2 is 1.89 bits per heavy atom. The third-order valence-corrected chi connectivity index (χ3v) is 4.32. The number of rotatable bonds is 6. The Morgan fingerprint density at radius 3 is 2.42 bits per heavy atom. The first-order chi connectivity index (χ1) is 8.85. The second-order valence-electron chi connectivity index (χ2n) is 4.21. The first-order valence-corrected chi connectivity index (χ1v) is 7.51. The summed E-state index contributed by atoms with van der Waals surface area (Å²) in [5.74, 6) is -0.464. The van der Waals surface area contributed by atoms with Gasteiger partial charge in [0.05, 0.1) is 12.3 Å². The number of benzene rings is 1. The number of nitrogen functional groups attached to an aromatic ring is 1. The van der Waals surface area contributed by atoms with Crippen molar-refractivity contribution in [2.45, 2.75) is 12.7 Å². The predicted molar refractivity (Wildman–Crippen MR) is 74.8 cm³/mol. The molecule has 0 spiro atoms. The fourth-order valence-corrected chi connectivity index (χ4v) is 2.64. The van der Waals surface area contributed by atoms with E-state index in [-0.39, 0.29) is 18.2 Å². The van der Waals surface area contributed by atoms with Crippen LogP contribution in [0, 0.1) is 0 Å². The van der Waals surface area contributed by atoms with Crippen molar-refractivity contribution in [2.75, 3.05) is 25.9 Å². The number of carbonyl (C=O) groups excluding carboxylic acids is 1. The molecule has 1 amide bonds. The summed E-state index contributed by atoms with van der Waals surface area (Å²) in [4.78, 5) is 11.4. The van der Waals surface area contributed by atoms with Crippen LogP contribution in [-0.2, 0) is 20.6 Å². The van der Waals surface area contributed by atoms with Crippen LogP contribution in [0.2, 0.25) is 0 Å². The summed E-state index contributed by atoms with van der Waals surface area (Å²) in [6.45, 7) is 2.08. The van der Waals surface area contributed by atoms with E-state index in [2.05, 4.69) is 5.32 Å². The molecular weight excluding hydrogens is 266 g/mol.